The number of carbonyl (C=O) groups is 1. The van der Waals surface area contributed by atoms with E-state index in [0.29, 0.717) is 38.6 Å². The third-order valence-electron chi connectivity index (χ3n) is 5.09. The number of halogens is 1. The minimum atomic E-state index is -0.912. The van der Waals surface area contributed by atoms with Crippen LogP contribution < -0.4 is 5.32 Å². The van der Waals surface area contributed by atoms with E-state index < -0.39 is 5.97 Å². The summed E-state index contributed by atoms with van der Waals surface area (Å²) < 4.78 is 0. The molecule has 1 aromatic heterocycles. The number of H-pyrrole nitrogens is 1. The molecule has 0 radical (unpaired) electrons. The van der Waals surface area contributed by atoms with Gasteiger partial charge in [0.1, 0.15) is 0 Å². The lowest BCUT2D eigenvalue weighted by atomic mass is 9.98. The molecule has 32 heavy (non-hydrogen) atoms. The second-order valence-corrected chi connectivity index (χ2v) is 7.90. The summed E-state index contributed by atoms with van der Waals surface area (Å²) in [6, 6.07) is 20.3. The van der Waals surface area contributed by atoms with Crippen molar-refractivity contribution in [1.29, 1.82) is 0 Å². The van der Waals surface area contributed by atoms with Crippen LogP contribution >= 0.6 is 11.6 Å². The zero-order valence-electron chi connectivity index (χ0n) is 17.4. The van der Waals surface area contributed by atoms with Gasteiger partial charge in [-0.1, -0.05) is 48.0 Å². The zero-order chi connectivity index (χ0) is 22.7. The first-order chi connectivity index (χ1) is 15.4. The van der Waals surface area contributed by atoms with Gasteiger partial charge in [0.15, 0.2) is 5.88 Å². The van der Waals surface area contributed by atoms with Gasteiger partial charge in [-0.2, -0.15) is 0 Å². The Kier molecular flexibility index (Phi) is 6.25. The fourth-order valence-electron chi connectivity index (χ4n) is 3.68. The molecule has 4 N–H and O–H groups in total. The lowest BCUT2D eigenvalue weighted by Crippen LogP contribution is -2.06. The predicted molar refractivity (Wildman–Crippen MR) is 127 cm³/mol. The Hall–Kier alpha value is -3.61. The summed E-state index contributed by atoms with van der Waals surface area (Å²) in [6.45, 7) is 0.748. The molecule has 0 unspecified atom stereocenters. The van der Waals surface area contributed by atoms with E-state index >= 15 is 0 Å². The quantitative estimate of drug-likeness (QED) is 0.298. The van der Waals surface area contributed by atoms with Crippen molar-refractivity contribution >= 4 is 39.9 Å². The minimum Gasteiger partial charge on any atom is -0.494 e. The molecule has 7 heteroatoms. The van der Waals surface area contributed by atoms with Crippen LogP contribution in [0.3, 0.4) is 0 Å². The zero-order valence-corrected chi connectivity index (χ0v) is 18.1. The molecule has 0 aliphatic carbocycles. The largest absolute Gasteiger partial charge is 0.494 e. The number of hydrogen-bond acceptors (Lipinski definition) is 4. The van der Waals surface area contributed by atoms with Crippen molar-refractivity contribution in [1.82, 2.24) is 10.3 Å². The molecular formula is C25H22ClN3O3. The van der Waals surface area contributed by atoms with Crippen molar-refractivity contribution in [2.24, 2.45) is 4.99 Å². The molecule has 4 rings (SSSR count). The first-order valence-electron chi connectivity index (χ1n) is 10.1. The number of aromatic hydroxyl groups is 1. The smallest absolute Gasteiger partial charge is 0.307 e. The van der Waals surface area contributed by atoms with Crippen LogP contribution in [0.15, 0.2) is 71.7 Å². The number of hydrogen-bond donors (Lipinski definition) is 4. The number of benzene rings is 3. The Morgan fingerprint density at radius 2 is 1.84 bits per heavy atom. The maximum Gasteiger partial charge on any atom is 0.307 e. The van der Waals surface area contributed by atoms with Crippen LogP contribution in [0.2, 0.25) is 5.02 Å². The molecule has 0 aliphatic rings. The van der Waals surface area contributed by atoms with Gasteiger partial charge >= 0.3 is 5.97 Å². The molecule has 0 aliphatic heterocycles. The van der Waals surface area contributed by atoms with Crippen LogP contribution in [0, 0.1) is 0 Å². The Labute approximate surface area is 190 Å². The van der Waals surface area contributed by atoms with E-state index in [2.05, 4.69) is 10.3 Å². The number of carboxylic acid groups (broad SMARTS) is 1. The highest BCUT2D eigenvalue weighted by Gasteiger charge is 2.19. The second kappa shape index (κ2) is 9.26. The SMILES string of the molecule is CNCc1ccc(N=C(c2cccc(CC(=O)O)c2)c2c(O)[nH]c3cc(Cl)ccc23)cc1. The lowest BCUT2D eigenvalue weighted by Gasteiger charge is -2.10. The summed E-state index contributed by atoms with van der Waals surface area (Å²) in [5.41, 5.74) is 4.94. The van der Waals surface area contributed by atoms with E-state index in [9.17, 15) is 15.0 Å². The molecule has 0 saturated heterocycles. The fourth-order valence-corrected chi connectivity index (χ4v) is 3.86. The van der Waals surface area contributed by atoms with Gasteiger partial charge in [0.05, 0.1) is 28.9 Å². The highest BCUT2D eigenvalue weighted by molar-refractivity contribution is 6.31. The number of carboxylic acids is 1. The Bertz CT molecular complexity index is 1310. The number of rotatable bonds is 7. The molecule has 4 aromatic rings. The van der Waals surface area contributed by atoms with Crippen LogP contribution in [0.4, 0.5) is 5.69 Å². The molecule has 1 heterocycles. The Balaban J connectivity index is 1.90. The van der Waals surface area contributed by atoms with Crippen molar-refractivity contribution in [2.45, 2.75) is 13.0 Å². The van der Waals surface area contributed by atoms with Gasteiger partial charge in [0, 0.05) is 22.5 Å². The van der Waals surface area contributed by atoms with Crippen LogP contribution in [-0.2, 0) is 17.8 Å². The van der Waals surface area contributed by atoms with Gasteiger partial charge in [0.2, 0.25) is 0 Å². The first-order valence-corrected chi connectivity index (χ1v) is 10.5. The summed E-state index contributed by atoms with van der Waals surface area (Å²) in [6.07, 6.45) is -0.102. The average molecular weight is 448 g/mol. The molecule has 6 nitrogen and oxygen atoms in total. The molecule has 3 aromatic carbocycles. The standard InChI is InChI=1S/C25H22ClN3O3/c1-27-14-15-5-8-19(9-6-15)28-24(17-4-2-3-16(11-17)12-22(30)31)23-20-10-7-18(26)13-21(20)29-25(23)32/h2-11,13,27,29,32H,12,14H2,1H3,(H,30,31). The average Bonchev–Trinajstić information content (AvgIpc) is 3.07. The van der Waals surface area contributed by atoms with Crippen LogP contribution in [0.25, 0.3) is 10.9 Å². The normalized spacial score (nSPS) is 11.8. The van der Waals surface area contributed by atoms with Gasteiger partial charge in [-0.3, -0.25) is 4.79 Å². The summed E-state index contributed by atoms with van der Waals surface area (Å²) in [7, 11) is 1.89. The predicted octanol–water partition coefficient (Wildman–Crippen LogP) is 5.04. The van der Waals surface area contributed by atoms with Crippen molar-refractivity contribution in [3.63, 3.8) is 0 Å². The summed E-state index contributed by atoms with van der Waals surface area (Å²) in [5.74, 6) is -0.943. The first kappa shape index (κ1) is 21.6. The van der Waals surface area contributed by atoms with Crippen molar-refractivity contribution in [3.8, 4) is 5.88 Å². The highest BCUT2D eigenvalue weighted by atomic mass is 35.5. The second-order valence-electron chi connectivity index (χ2n) is 7.47. The molecule has 0 saturated carbocycles. The van der Waals surface area contributed by atoms with Crippen molar-refractivity contribution < 1.29 is 15.0 Å². The van der Waals surface area contributed by atoms with Gasteiger partial charge < -0.3 is 20.5 Å². The molecule has 0 fully saturated rings. The van der Waals surface area contributed by atoms with Gasteiger partial charge in [-0.05, 0) is 48.5 Å². The topological polar surface area (TPSA) is 97.7 Å². The molecule has 162 valence electrons. The molecule has 0 atom stereocenters. The molecule has 0 spiro atoms. The van der Waals surface area contributed by atoms with Crippen molar-refractivity contribution in [3.05, 3.63) is 94.0 Å². The molecular weight excluding hydrogens is 426 g/mol. The van der Waals surface area contributed by atoms with E-state index in [1.54, 1.807) is 30.3 Å². The summed E-state index contributed by atoms with van der Waals surface area (Å²) >= 11 is 6.12. The minimum absolute atomic E-state index is 0.0311. The third kappa shape index (κ3) is 4.66. The van der Waals surface area contributed by atoms with Crippen LogP contribution in [0.1, 0.15) is 22.3 Å². The Morgan fingerprint density at radius 3 is 2.56 bits per heavy atom. The molecule has 0 bridgehead atoms. The van der Waals surface area contributed by atoms with Crippen LogP contribution in [-0.4, -0.2) is 33.9 Å². The van der Waals surface area contributed by atoms with Gasteiger partial charge in [0.25, 0.3) is 0 Å². The highest BCUT2D eigenvalue weighted by Crippen LogP contribution is 2.33. The maximum absolute atomic E-state index is 11.2. The van der Waals surface area contributed by atoms with Gasteiger partial charge in [-0.25, -0.2) is 4.99 Å². The summed E-state index contributed by atoms with van der Waals surface area (Å²) in [4.78, 5) is 19.0. The number of aromatic nitrogens is 1. The Morgan fingerprint density at radius 1 is 1.06 bits per heavy atom. The van der Waals surface area contributed by atoms with E-state index in [1.165, 1.54) is 0 Å². The van der Waals surface area contributed by atoms with E-state index in [0.717, 1.165) is 17.5 Å². The number of aliphatic carboxylic acids is 1. The van der Waals surface area contributed by atoms with Crippen LogP contribution in [0.5, 0.6) is 5.88 Å². The van der Waals surface area contributed by atoms with E-state index in [4.69, 9.17) is 16.6 Å². The maximum atomic E-state index is 11.2. The lowest BCUT2D eigenvalue weighted by molar-refractivity contribution is -0.136. The number of nitrogens with zero attached hydrogens (tertiary/aromatic N) is 1. The van der Waals surface area contributed by atoms with E-state index in [-0.39, 0.29) is 12.3 Å². The van der Waals surface area contributed by atoms with E-state index in [1.807, 2.05) is 43.4 Å². The number of aromatic amines is 1. The van der Waals surface area contributed by atoms with Gasteiger partial charge in [-0.15, -0.1) is 0 Å². The number of fused-ring (bicyclic) bond motifs is 1. The molecule has 0 amide bonds. The number of aliphatic imine (C=N–C) groups is 1. The third-order valence-corrected chi connectivity index (χ3v) is 5.33. The van der Waals surface area contributed by atoms with Crippen molar-refractivity contribution in [2.75, 3.05) is 7.05 Å². The monoisotopic (exact) mass is 447 g/mol. The fraction of sp³-hybridized carbons (Fsp3) is 0.120. The summed E-state index contributed by atoms with van der Waals surface area (Å²) in [5, 5.41) is 24.4. The number of nitrogens with one attached hydrogen (secondary N) is 2.